The second-order valence-corrected chi connectivity index (χ2v) is 8.00. The van der Waals surface area contributed by atoms with E-state index < -0.39 is 24.0 Å². The fourth-order valence-electron chi connectivity index (χ4n) is 3.88. The lowest BCUT2D eigenvalue weighted by Crippen LogP contribution is -2.29. The number of hydrogen-bond donors (Lipinski definition) is 1. The molecule has 0 atom stereocenters. The van der Waals surface area contributed by atoms with E-state index in [1.54, 1.807) is 30.3 Å². The maximum Gasteiger partial charge on any atom is 0.352 e. The lowest BCUT2D eigenvalue weighted by atomic mass is 10.1. The average molecular weight is 457 g/mol. The number of rotatable bonds is 5. The van der Waals surface area contributed by atoms with Gasteiger partial charge in [-0.25, -0.2) is 18.3 Å². The molecule has 1 N–H and O–H groups in total. The molecular weight excluding hydrogens is 437 g/mol. The molecule has 3 aromatic carbocycles. The Morgan fingerprint density at radius 2 is 1.68 bits per heavy atom. The molecule has 0 unspecified atom stereocenters. The minimum atomic E-state index is -0.618. The first-order chi connectivity index (χ1) is 16.4. The van der Waals surface area contributed by atoms with E-state index in [0.717, 1.165) is 15.8 Å². The van der Waals surface area contributed by atoms with E-state index >= 15 is 0 Å². The first-order valence-corrected chi connectivity index (χ1v) is 10.6. The largest absolute Gasteiger partial charge is 0.352 e. The second kappa shape index (κ2) is 8.43. The van der Waals surface area contributed by atoms with Crippen LogP contribution in [0.3, 0.4) is 0 Å². The summed E-state index contributed by atoms with van der Waals surface area (Å²) in [6.07, 6.45) is 0. The molecule has 0 aliphatic heterocycles. The number of fused-ring (bicyclic) bond motifs is 3. The van der Waals surface area contributed by atoms with E-state index in [-0.39, 0.29) is 23.6 Å². The van der Waals surface area contributed by atoms with Gasteiger partial charge in [-0.2, -0.15) is 0 Å². The first-order valence-electron chi connectivity index (χ1n) is 10.6. The normalized spacial score (nSPS) is 11.2. The van der Waals surface area contributed by atoms with E-state index in [1.165, 1.54) is 27.2 Å². The molecular formula is C25H20FN5O3. The first kappa shape index (κ1) is 21.3. The zero-order valence-corrected chi connectivity index (χ0v) is 18.2. The van der Waals surface area contributed by atoms with Gasteiger partial charge in [-0.3, -0.25) is 14.2 Å². The van der Waals surface area contributed by atoms with Crippen LogP contribution in [0.15, 0.2) is 82.4 Å². The summed E-state index contributed by atoms with van der Waals surface area (Å²) in [7, 11) is 0. The number of nitrogens with one attached hydrogen (secondary N) is 1. The van der Waals surface area contributed by atoms with Crippen molar-refractivity contribution in [2.24, 2.45) is 0 Å². The number of halogens is 1. The number of hydrogen-bond acceptors (Lipinski definition) is 4. The van der Waals surface area contributed by atoms with E-state index in [2.05, 4.69) is 10.4 Å². The van der Waals surface area contributed by atoms with Crippen LogP contribution in [-0.4, -0.2) is 24.7 Å². The lowest BCUT2D eigenvalue weighted by Gasteiger charge is -2.10. The molecule has 0 bridgehead atoms. The SMILES string of the molecule is Cc1ccc(Cn2c(=O)c3ccccc3n3c(=O)n(CC(=O)Nc4ccccc4F)nc23)cc1. The molecule has 2 aromatic heterocycles. The number of amides is 1. The molecule has 0 fully saturated rings. The van der Waals surface area contributed by atoms with Crippen LogP contribution in [0.4, 0.5) is 10.1 Å². The van der Waals surface area contributed by atoms with Gasteiger partial charge in [0.05, 0.1) is 23.1 Å². The van der Waals surface area contributed by atoms with Gasteiger partial charge in [0.15, 0.2) is 0 Å². The molecule has 5 aromatic rings. The third kappa shape index (κ3) is 3.77. The highest BCUT2D eigenvalue weighted by atomic mass is 19.1. The Morgan fingerprint density at radius 1 is 0.971 bits per heavy atom. The zero-order valence-electron chi connectivity index (χ0n) is 18.2. The van der Waals surface area contributed by atoms with Crippen LogP contribution in [0, 0.1) is 12.7 Å². The molecule has 0 aliphatic rings. The van der Waals surface area contributed by atoms with Gasteiger partial charge in [0.1, 0.15) is 12.4 Å². The van der Waals surface area contributed by atoms with Crippen LogP contribution < -0.4 is 16.6 Å². The van der Waals surface area contributed by atoms with Gasteiger partial charge < -0.3 is 5.32 Å². The summed E-state index contributed by atoms with van der Waals surface area (Å²) in [5.41, 5.74) is 1.48. The number of anilines is 1. The summed E-state index contributed by atoms with van der Waals surface area (Å²) in [6, 6.07) is 20.2. The Morgan fingerprint density at radius 3 is 2.44 bits per heavy atom. The Balaban J connectivity index is 1.62. The quantitative estimate of drug-likeness (QED) is 0.439. The fourth-order valence-corrected chi connectivity index (χ4v) is 3.88. The van der Waals surface area contributed by atoms with E-state index in [0.29, 0.717) is 10.9 Å². The highest BCUT2D eigenvalue weighted by Crippen LogP contribution is 2.14. The molecule has 0 saturated heterocycles. The van der Waals surface area contributed by atoms with Crippen molar-refractivity contribution in [2.75, 3.05) is 5.32 Å². The molecule has 0 aliphatic carbocycles. The van der Waals surface area contributed by atoms with E-state index in [1.807, 2.05) is 31.2 Å². The molecule has 8 nitrogen and oxygen atoms in total. The zero-order chi connectivity index (χ0) is 23.8. The van der Waals surface area contributed by atoms with Gasteiger partial charge in [-0.05, 0) is 36.8 Å². The van der Waals surface area contributed by atoms with Crippen molar-refractivity contribution in [1.82, 2.24) is 18.7 Å². The van der Waals surface area contributed by atoms with Gasteiger partial charge in [-0.1, -0.05) is 54.1 Å². The van der Waals surface area contributed by atoms with Gasteiger partial charge >= 0.3 is 5.69 Å². The van der Waals surface area contributed by atoms with Gasteiger partial charge in [-0.15, -0.1) is 5.10 Å². The van der Waals surface area contributed by atoms with Crippen molar-refractivity contribution in [3.05, 3.63) is 111 Å². The van der Waals surface area contributed by atoms with E-state index in [9.17, 15) is 18.8 Å². The van der Waals surface area contributed by atoms with Crippen molar-refractivity contribution >= 4 is 28.3 Å². The van der Waals surface area contributed by atoms with Crippen molar-refractivity contribution < 1.29 is 9.18 Å². The molecule has 9 heteroatoms. The third-order valence-electron chi connectivity index (χ3n) is 5.59. The third-order valence-corrected chi connectivity index (χ3v) is 5.59. The van der Waals surface area contributed by atoms with Crippen LogP contribution in [0.5, 0.6) is 0 Å². The number of aryl methyl sites for hydroxylation is 1. The fraction of sp³-hybridized carbons (Fsp3) is 0.120. The predicted octanol–water partition coefficient (Wildman–Crippen LogP) is 2.95. The van der Waals surface area contributed by atoms with Crippen molar-refractivity contribution in [3.8, 4) is 0 Å². The Labute approximate surface area is 192 Å². The number of benzene rings is 3. The molecule has 1 amide bonds. The molecule has 0 spiro atoms. The average Bonchev–Trinajstić information content (AvgIpc) is 3.15. The van der Waals surface area contributed by atoms with Crippen molar-refractivity contribution in [3.63, 3.8) is 0 Å². The summed E-state index contributed by atoms with van der Waals surface area (Å²) in [5, 5.41) is 7.12. The van der Waals surface area contributed by atoms with Crippen molar-refractivity contribution in [1.29, 1.82) is 0 Å². The maximum atomic E-state index is 13.9. The van der Waals surface area contributed by atoms with E-state index in [4.69, 9.17) is 0 Å². The summed E-state index contributed by atoms with van der Waals surface area (Å²) < 4.78 is 17.6. The van der Waals surface area contributed by atoms with Crippen molar-refractivity contribution in [2.45, 2.75) is 20.0 Å². The summed E-state index contributed by atoms with van der Waals surface area (Å²) >= 11 is 0. The molecule has 5 rings (SSSR count). The molecule has 170 valence electrons. The van der Waals surface area contributed by atoms with Gasteiger partial charge in [0.25, 0.3) is 5.56 Å². The minimum Gasteiger partial charge on any atom is -0.322 e. The molecule has 0 radical (unpaired) electrons. The Kier molecular flexibility index (Phi) is 5.29. The van der Waals surface area contributed by atoms with Gasteiger partial charge in [0.2, 0.25) is 11.7 Å². The monoisotopic (exact) mass is 457 g/mol. The molecule has 34 heavy (non-hydrogen) atoms. The lowest BCUT2D eigenvalue weighted by molar-refractivity contribution is -0.117. The highest BCUT2D eigenvalue weighted by Gasteiger charge is 2.19. The molecule has 0 saturated carbocycles. The predicted molar refractivity (Wildman–Crippen MR) is 127 cm³/mol. The smallest absolute Gasteiger partial charge is 0.322 e. The van der Waals surface area contributed by atoms with Crippen LogP contribution >= 0.6 is 0 Å². The topological polar surface area (TPSA) is 90.4 Å². The van der Waals surface area contributed by atoms with Crippen LogP contribution in [0.2, 0.25) is 0 Å². The van der Waals surface area contributed by atoms with Crippen LogP contribution in [0.1, 0.15) is 11.1 Å². The minimum absolute atomic E-state index is 0.00559. The summed E-state index contributed by atoms with van der Waals surface area (Å²) in [4.78, 5) is 39.1. The number of aromatic nitrogens is 4. The Bertz CT molecular complexity index is 1660. The molecule has 2 heterocycles. The number of carbonyl (C=O) groups excluding carboxylic acids is 1. The van der Waals surface area contributed by atoms with Crippen LogP contribution in [0.25, 0.3) is 16.7 Å². The number of nitrogens with zero attached hydrogens (tertiary/aromatic N) is 4. The standard InChI is InChI=1S/C25H20FN5O3/c1-16-10-12-17(13-11-16)14-29-23(33)18-6-2-5-9-21(18)31-24(29)28-30(25(31)34)15-22(32)27-20-8-4-3-7-19(20)26/h2-13H,14-15H2,1H3,(H,27,32). The van der Waals surface area contributed by atoms with Crippen LogP contribution in [-0.2, 0) is 17.9 Å². The Hall–Kier alpha value is -4.53. The summed E-state index contributed by atoms with van der Waals surface area (Å²) in [5.74, 6) is -1.09. The van der Waals surface area contributed by atoms with Gasteiger partial charge in [0, 0.05) is 0 Å². The maximum absolute atomic E-state index is 13.9. The number of para-hydroxylation sites is 2. The highest BCUT2D eigenvalue weighted by molar-refractivity contribution is 5.90. The second-order valence-electron chi connectivity index (χ2n) is 8.00. The number of carbonyl (C=O) groups is 1. The summed E-state index contributed by atoms with van der Waals surface area (Å²) in [6.45, 7) is 1.73.